The van der Waals surface area contributed by atoms with E-state index in [1.54, 1.807) is 0 Å². The largest absolute Gasteiger partial charge is 0.0985 e. The van der Waals surface area contributed by atoms with Gasteiger partial charge < -0.3 is 0 Å². The van der Waals surface area contributed by atoms with Crippen LogP contribution in [0.25, 0.3) is 12.2 Å². The van der Waals surface area contributed by atoms with Crippen molar-refractivity contribution < 1.29 is 0 Å². The first-order valence-corrected chi connectivity index (χ1v) is 6.69. The molecule has 0 fully saturated rings. The maximum absolute atomic E-state index is 3.88. The van der Waals surface area contributed by atoms with Gasteiger partial charge in [-0.15, -0.1) is 0 Å². The van der Waals surface area contributed by atoms with E-state index in [0.717, 1.165) is 6.42 Å². The van der Waals surface area contributed by atoms with Gasteiger partial charge in [-0.2, -0.15) is 0 Å². The molecule has 92 valence electrons. The number of hydrogen-bond acceptors (Lipinski definition) is 0. The maximum atomic E-state index is 3.88. The molecule has 0 N–H and O–H groups in total. The van der Waals surface area contributed by atoms with Crippen molar-refractivity contribution in [3.63, 3.8) is 0 Å². The fraction of sp³-hybridized carbons (Fsp3) is 0.412. The third kappa shape index (κ3) is 4.60. The van der Waals surface area contributed by atoms with Crippen molar-refractivity contribution in [2.75, 3.05) is 0 Å². The summed E-state index contributed by atoms with van der Waals surface area (Å²) >= 11 is 0. The van der Waals surface area contributed by atoms with Crippen LogP contribution >= 0.6 is 0 Å². The fourth-order valence-corrected chi connectivity index (χ4v) is 2.09. The highest BCUT2D eigenvalue weighted by atomic mass is 14.1. The maximum Gasteiger partial charge on any atom is -0.0230 e. The Balaban J connectivity index is 2.55. The lowest BCUT2D eigenvalue weighted by Gasteiger charge is -2.07. The smallest absolute Gasteiger partial charge is 0.0230 e. The summed E-state index contributed by atoms with van der Waals surface area (Å²) in [4.78, 5) is 0. The van der Waals surface area contributed by atoms with Gasteiger partial charge in [-0.05, 0) is 29.5 Å². The number of aryl methyl sites for hydroxylation is 1. The van der Waals surface area contributed by atoms with E-state index in [2.05, 4.69) is 38.3 Å². The topological polar surface area (TPSA) is 0 Å². The molecule has 0 aliphatic carbocycles. The fourth-order valence-electron chi connectivity index (χ4n) is 2.09. The minimum Gasteiger partial charge on any atom is -0.0985 e. The zero-order valence-corrected chi connectivity index (χ0v) is 11.0. The lowest BCUT2D eigenvalue weighted by Crippen LogP contribution is -1.91. The average Bonchev–Trinajstić information content (AvgIpc) is 2.38. The predicted octanol–water partition coefficient (Wildman–Crippen LogP) is 5.49. The number of benzene rings is 1. The molecule has 0 atom stereocenters. The molecule has 1 aromatic rings. The van der Waals surface area contributed by atoms with E-state index < -0.39 is 0 Å². The van der Waals surface area contributed by atoms with Gasteiger partial charge in [-0.3, -0.25) is 0 Å². The van der Waals surface area contributed by atoms with Gasteiger partial charge in [0.2, 0.25) is 0 Å². The number of rotatable bonds is 8. The van der Waals surface area contributed by atoms with E-state index in [9.17, 15) is 0 Å². The van der Waals surface area contributed by atoms with Gasteiger partial charge in [0.05, 0.1) is 0 Å². The summed E-state index contributed by atoms with van der Waals surface area (Å²) in [6, 6.07) is 6.49. The van der Waals surface area contributed by atoms with E-state index in [0.29, 0.717) is 0 Å². The second kappa shape index (κ2) is 7.89. The van der Waals surface area contributed by atoms with Gasteiger partial charge in [0.1, 0.15) is 0 Å². The molecule has 0 aromatic heterocycles. The van der Waals surface area contributed by atoms with Crippen LogP contribution in [0.4, 0.5) is 0 Å². The first-order chi connectivity index (χ1) is 8.31. The third-order valence-electron chi connectivity index (χ3n) is 3.17. The summed E-state index contributed by atoms with van der Waals surface area (Å²) in [7, 11) is 0. The second-order valence-corrected chi connectivity index (χ2v) is 4.53. The Morgan fingerprint density at radius 3 is 2.41 bits per heavy atom. The molecule has 1 rings (SSSR count). The molecule has 0 saturated heterocycles. The first kappa shape index (κ1) is 13.8. The first-order valence-electron chi connectivity index (χ1n) is 6.69. The van der Waals surface area contributed by atoms with E-state index in [1.165, 1.54) is 48.8 Å². The lowest BCUT2D eigenvalue weighted by atomic mass is 9.98. The molecular weight excluding hydrogens is 204 g/mol. The highest BCUT2D eigenvalue weighted by Gasteiger charge is 2.00. The van der Waals surface area contributed by atoms with Crippen molar-refractivity contribution >= 4 is 12.2 Å². The van der Waals surface area contributed by atoms with Crippen molar-refractivity contribution in [3.05, 3.63) is 48.0 Å². The minimum atomic E-state index is 1.16. The molecule has 0 amide bonds. The van der Waals surface area contributed by atoms with Gasteiger partial charge in [0.25, 0.3) is 0 Å². The molecule has 1 aromatic carbocycles. The van der Waals surface area contributed by atoms with Crippen molar-refractivity contribution in [2.45, 2.75) is 45.4 Å². The molecule has 0 aliphatic heterocycles. The van der Waals surface area contributed by atoms with Crippen LogP contribution in [0.15, 0.2) is 31.4 Å². The van der Waals surface area contributed by atoms with Crippen molar-refractivity contribution in [1.29, 1.82) is 0 Å². The number of unbranched alkanes of at least 4 members (excludes halogenated alkanes) is 4. The highest BCUT2D eigenvalue weighted by molar-refractivity contribution is 5.58. The Labute approximate surface area is 106 Å². The molecule has 0 saturated carbocycles. The van der Waals surface area contributed by atoms with Gasteiger partial charge >= 0.3 is 0 Å². The molecule has 0 heteroatoms. The summed E-state index contributed by atoms with van der Waals surface area (Å²) < 4.78 is 0. The average molecular weight is 228 g/mol. The summed E-state index contributed by atoms with van der Waals surface area (Å²) in [5, 5.41) is 0. The van der Waals surface area contributed by atoms with Crippen molar-refractivity contribution in [2.24, 2.45) is 0 Å². The molecule has 0 bridgehead atoms. The molecule has 0 heterocycles. The Morgan fingerprint density at radius 2 is 1.76 bits per heavy atom. The van der Waals surface area contributed by atoms with Crippen LogP contribution in [-0.2, 0) is 6.42 Å². The van der Waals surface area contributed by atoms with Gasteiger partial charge in [0.15, 0.2) is 0 Å². The van der Waals surface area contributed by atoms with Crippen molar-refractivity contribution in [3.8, 4) is 0 Å². The van der Waals surface area contributed by atoms with E-state index in [-0.39, 0.29) is 0 Å². The van der Waals surface area contributed by atoms with Crippen LogP contribution in [-0.4, -0.2) is 0 Å². The van der Waals surface area contributed by atoms with Crippen LogP contribution in [0.3, 0.4) is 0 Å². The van der Waals surface area contributed by atoms with E-state index >= 15 is 0 Å². The minimum absolute atomic E-state index is 1.16. The Morgan fingerprint density at radius 1 is 1.00 bits per heavy atom. The Bertz CT molecular complexity index is 360. The van der Waals surface area contributed by atoms with Gasteiger partial charge in [-0.1, -0.05) is 76.1 Å². The van der Waals surface area contributed by atoms with E-state index in [4.69, 9.17) is 0 Å². The predicted molar refractivity (Wildman–Crippen MR) is 79.1 cm³/mol. The molecular formula is C17H24. The van der Waals surface area contributed by atoms with Crippen molar-refractivity contribution in [1.82, 2.24) is 0 Å². The van der Waals surface area contributed by atoms with Crippen LogP contribution in [0, 0.1) is 0 Å². The summed E-state index contributed by atoms with van der Waals surface area (Å²) in [5.74, 6) is 0. The molecule has 17 heavy (non-hydrogen) atoms. The van der Waals surface area contributed by atoms with Gasteiger partial charge in [0, 0.05) is 0 Å². The summed E-state index contributed by atoms with van der Waals surface area (Å²) in [5.41, 5.74) is 3.89. The zero-order chi connectivity index (χ0) is 12.5. The Hall–Kier alpha value is -1.30. The quantitative estimate of drug-likeness (QED) is 0.516. The summed E-state index contributed by atoms with van der Waals surface area (Å²) in [6.45, 7) is 9.95. The zero-order valence-electron chi connectivity index (χ0n) is 11.0. The monoisotopic (exact) mass is 228 g/mol. The lowest BCUT2D eigenvalue weighted by molar-refractivity contribution is 0.632. The van der Waals surface area contributed by atoms with Gasteiger partial charge in [-0.25, -0.2) is 0 Å². The summed E-state index contributed by atoms with van der Waals surface area (Å²) in [6.07, 6.45) is 11.7. The van der Waals surface area contributed by atoms with Crippen LogP contribution < -0.4 is 0 Å². The van der Waals surface area contributed by atoms with Crippen LogP contribution in [0.2, 0.25) is 0 Å². The normalized spacial score (nSPS) is 10.2. The van der Waals surface area contributed by atoms with Crippen LogP contribution in [0.1, 0.15) is 55.7 Å². The molecule has 0 aliphatic rings. The molecule has 0 radical (unpaired) electrons. The molecule has 0 nitrogen and oxygen atoms in total. The molecule has 0 unspecified atom stereocenters. The SMILES string of the molecule is C=Cc1ccc(C=C)c(CCCCCCC)c1. The number of hydrogen-bond donors (Lipinski definition) is 0. The Kier molecular flexibility index (Phi) is 6.39. The second-order valence-electron chi connectivity index (χ2n) is 4.53. The van der Waals surface area contributed by atoms with E-state index in [1.807, 2.05) is 12.2 Å². The highest BCUT2D eigenvalue weighted by Crippen LogP contribution is 2.17. The van der Waals surface area contributed by atoms with Crippen LogP contribution in [0.5, 0.6) is 0 Å². The third-order valence-corrected chi connectivity index (χ3v) is 3.17. The standard InChI is InChI=1S/C17H24/c1-4-7-8-9-10-11-17-14-15(5-2)12-13-16(17)6-3/h5-6,12-14H,2-4,7-11H2,1H3. The molecule has 0 spiro atoms.